The van der Waals surface area contributed by atoms with Crippen LogP contribution in [0.5, 0.6) is 11.5 Å². The highest BCUT2D eigenvalue weighted by atomic mass is 16.6. The second-order valence-electron chi connectivity index (χ2n) is 6.65. The average molecular weight is 344 g/mol. The number of nitrogens with zero attached hydrogens (tertiary/aromatic N) is 4. The van der Waals surface area contributed by atoms with Crippen molar-refractivity contribution in [2.24, 2.45) is 0 Å². The van der Waals surface area contributed by atoms with Crippen LogP contribution in [0.2, 0.25) is 0 Å². The van der Waals surface area contributed by atoms with Gasteiger partial charge < -0.3 is 14.0 Å². The molecule has 1 aromatic heterocycles. The minimum atomic E-state index is 0.164. The molecule has 1 aromatic carbocycles. The largest absolute Gasteiger partial charge is 0.486 e. The van der Waals surface area contributed by atoms with Gasteiger partial charge >= 0.3 is 0 Å². The quantitative estimate of drug-likeness (QED) is 0.841. The maximum atomic E-state index is 5.68. The van der Waals surface area contributed by atoms with Crippen LogP contribution in [0, 0.1) is 6.92 Å². The van der Waals surface area contributed by atoms with E-state index in [2.05, 4.69) is 39.0 Å². The van der Waals surface area contributed by atoms with Gasteiger partial charge in [-0.2, -0.15) is 4.98 Å². The van der Waals surface area contributed by atoms with Crippen molar-refractivity contribution in [2.45, 2.75) is 26.4 Å². The van der Waals surface area contributed by atoms with E-state index in [0.717, 1.165) is 44.2 Å². The van der Waals surface area contributed by atoms with Crippen molar-refractivity contribution < 1.29 is 14.0 Å². The molecule has 134 valence electrons. The third kappa shape index (κ3) is 3.62. The summed E-state index contributed by atoms with van der Waals surface area (Å²) in [7, 11) is 0. The lowest BCUT2D eigenvalue weighted by Gasteiger charge is -2.36. The second-order valence-corrected chi connectivity index (χ2v) is 6.65. The zero-order valence-corrected chi connectivity index (χ0v) is 14.8. The van der Waals surface area contributed by atoms with Crippen LogP contribution in [-0.2, 0) is 6.54 Å². The summed E-state index contributed by atoms with van der Waals surface area (Å²) in [5.41, 5.74) is 1.26. The number of hydrogen-bond donors (Lipinski definition) is 0. The van der Waals surface area contributed by atoms with Crippen LogP contribution in [0.3, 0.4) is 0 Å². The smallest absolute Gasteiger partial charge is 0.243 e. The van der Waals surface area contributed by atoms with E-state index in [1.54, 1.807) is 0 Å². The Morgan fingerprint density at radius 2 is 1.84 bits per heavy atom. The molecule has 0 spiro atoms. The van der Waals surface area contributed by atoms with Crippen molar-refractivity contribution in [2.75, 3.05) is 39.4 Å². The molecule has 0 radical (unpaired) electrons. The number of benzene rings is 1. The molecule has 0 saturated carbocycles. The molecular weight excluding hydrogens is 320 g/mol. The van der Waals surface area contributed by atoms with E-state index in [4.69, 9.17) is 14.0 Å². The molecule has 4 rings (SSSR count). The molecule has 0 unspecified atom stereocenters. The summed E-state index contributed by atoms with van der Waals surface area (Å²) < 4.78 is 16.6. The second kappa shape index (κ2) is 7.01. The molecule has 25 heavy (non-hydrogen) atoms. The van der Waals surface area contributed by atoms with Crippen molar-refractivity contribution in [1.29, 1.82) is 0 Å². The van der Waals surface area contributed by atoms with E-state index in [-0.39, 0.29) is 6.04 Å². The summed E-state index contributed by atoms with van der Waals surface area (Å²) in [6.07, 6.45) is 0. The van der Waals surface area contributed by atoms with E-state index >= 15 is 0 Å². The molecule has 2 aliphatic heterocycles. The van der Waals surface area contributed by atoms with E-state index in [1.807, 2.05) is 13.0 Å². The third-order valence-corrected chi connectivity index (χ3v) is 4.87. The predicted molar refractivity (Wildman–Crippen MR) is 91.7 cm³/mol. The summed E-state index contributed by atoms with van der Waals surface area (Å²) in [6, 6.07) is 6.41. The molecule has 0 amide bonds. The molecule has 2 aliphatic rings. The minimum Gasteiger partial charge on any atom is -0.486 e. The summed E-state index contributed by atoms with van der Waals surface area (Å²) >= 11 is 0. The molecule has 7 heteroatoms. The van der Waals surface area contributed by atoms with E-state index in [0.29, 0.717) is 24.9 Å². The zero-order valence-electron chi connectivity index (χ0n) is 14.8. The SMILES string of the molecule is Cc1noc([C@@H](C)N2CCN(Cc3ccc4c(c3)OCCO4)CC2)n1. The van der Waals surface area contributed by atoms with Gasteiger partial charge in [-0.05, 0) is 31.5 Å². The Morgan fingerprint density at radius 1 is 1.08 bits per heavy atom. The van der Waals surface area contributed by atoms with E-state index < -0.39 is 0 Å². The Balaban J connectivity index is 1.33. The van der Waals surface area contributed by atoms with Gasteiger partial charge in [-0.25, -0.2) is 0 Å². The monoisotopic (exact) mass is 344 g/mol. The lowest BCUT2D eigenvalue weighted by Crippen LogP contribution is -2.46. The number of fused-ring (bicyclic) bond motifs is 1. The zero-order chi connectivity index (χ0) is 17.2. The maximum absolute atomic E-state index is 5.68. The maximum Gasteiger partial charge on any atom is 0.243 e. The summed E-state index contributed by atoms with van der Waals surface area (Å²) in [5.74, 6) is 3.11. The standard InChI is InChI=1S/C18H24N4O3/c1-13(18-19-14(2)20-25-18)22-7-5-21(6-8-22)12-15-3-4-16-17(11-15)24-10-9-23-16/h3-4,11,13H,5-10,12H2,1-2H3/t13-/m1/s1. The van der Waals surface area contributed by atoms with Gasteiger partial charge in [0.2, 0.25) is 5.89 Å². The van der Waals surface area contributed by atoms with E-state index in [9.17, 15) is 0 Å². The molecule has 0 bridgehead atoms. The summed E-state index contributed by atoms with van der Waals surface area (Å²) in [6.45, 7) is 10.2. The fraction of sp³-hybridized carbons (Fsp3) is 0.556. The topological polar surface area (TPSA) is 63.9 Å². The fourth-order valence-electron chi connectivity index (χ4n) is 3.39. The predicted octanol–water partition coefficient (Wildman–Crippen LogP) is 2.03. The first-order chi connectivity index (χ1) is 12.2. The number of aryl methyl sites for hydroxylation is 1. The van der Waals surface area contributed by atoms with Gasteiger partial charge in [0.25, 0.3) is 0 Å². The van der Waals surface area contributed by atoms with Crippen molar-refractivity contribution in [3.63, 3.8) is 0 Å². The fourth-order valence-corrected chi connectivity index (χ4v) is 3.39. The Morgan fingerprint density at radius 3 is 2.56 bits per heavy atom. The molecule has 3 heterocycles. The van der Waals surface area contributed by atoms with Crippen LogP contribution in [0.15, 0.2) is 22.7 Å². The number of piperazine rings is 1. The van der Waals surface area contributed by atoms with E-state index in [1.165, 1.54) is 5.56 Å². The Labute approximate surface area is 147 Å². The van der Waals surface area contributed by atoms with Crippen LogP contribution < -0.4 is 9.47 Å². The van der Waals surface area contributed by atoms with Crippen LogP contribution >= 0.6 is 0 Å². The highest BCUT2D eigenvalue weighted by Gasteiger charge is 2.25. The summed E-state index contributed by atoms with van der Waals surface area (Å²) in [4.78, 5) is 9.22. The molecule has 2 aromatic rings. The lowest BCUT2D eigenvalue weighted by atomic mass is 10.1. The molecule has 0 N–H and O–H groups in total. The van der Waals surface area contributed by atoms with Gasteiger partial charge in [-0.3, -0.25) is 9.80 Å². The molecule has 7 nitrogen and oxygen atoms in total. The van der Waals surface area contributed by atoms with Gasteiger partial charge in [0.1, 0.15) is 13.2 Å². The molecular formula is C18H24N4O3. The first-order valence-corrected chi connectivity index (χ1v) is 8.84. The third-order valence-electron chi connectivity index (χ3n) is 4.87. The average Bonchev–Trinajstić information content (AvgIpc) is 3.08. The van der Waals surface area contributed by atoms with Crippen molar-refractivity contribution >= 4 is 0 Å². The Hall–Kier alpha value is -2.12. The molecule has 0 aliphatic carbocycles. The van der Waals surface area contributed by atoms with Crippen LogP contribution in [0.25, 0.3) is 0 Å². The van der Waals surface area contributed by atoms with Gasteiger partial charge in [0.15, 0.2) is 17.3 Å². The Bertz CT molecular complexity index is 725. The van der Waals surface area contributed by atoms with Crippen molar-refractivity contribution in [3.05, 3.63) is 35.5 Å². The highest BCUT2D eigenvalue weighted by Crippen LogP contribution is 2.31. The molecule has 1 atom stereocenters. The minimum absolute atomic E-state index is 0.164. The Kier molecular flexibility index (Phi) is 4.59. The van der Waals surface area contributed by atoms with Crippen molar-refractivity contribution in [3.8, 4) is 11.5 Å². The normalized spacial score (nSPS) is 19.8. The summed E-state index contributed by atoms with van der Waals surface area (Å²) in [5, 5.41) is 3.89. The highest BCUT2D eigenvalue weighted by molar-refractivity contribution is 5.43. The molecule has 1 saturated heterocycles. The van der Waals surface area contributed by atoms with Gasteiger partial charge in [-0.1, -0.05) is 11.2 Å². The van der Waals surface area contributed by atoms with Gasteiger partial charge in [-0.15, -0.1) is 0 Å². The van der Waals surface area contributed by atoms with Crippen LogP contribution in [0.1, 0.15) is 30.2 Å². The van der Waals surface area contributed by atoms with Gasteiger partial charge in [0, 0.05) is 32.7 Å². The lowest BCUT2D eigenvalue weighted by molar-refractivity contribution is 0.0844. The number of rotatable bonds is 4. The van der Waals surface area contributed by atoms with Gasteiger partial charge in [0.05, 0.1) is 6.04 Å². The first-order valence-electron chi connectivity index (χ1n) is 8.84. The number of hydrogen-bond acceptors (Lipinski definition) is 7. The first kappa shape index (κ1) is 16.4. The van der Waals surface area contributed by atoms with Crippen LogP contribution in [-0.4, -0.2) is 59.3 Å². The van der Waals surface area contributed by atoms with Crippen LogP contribution in [0.4, 0.5) is 0 Å². The molecule has 1 fully saturated rings. The number of ether oxygens (including phenoxy) is 2. The number of aromatic nitrogens is 2. The van der Waals surface area contributed by atoms with Crippen molar-refractivity contribution in [1.82, 2.24) is 19.9 Å².